The molecule has 3 rings (SSSR count). The molecule has 0 radical (unpaired) electrons. The van der Waals surface area contributed by atoms with Gasteiger partial charge in [-0.1, -0.05) is 49.8 Å². The number of phenolic OH excluding ortho intramolecular Hbond substituents is 2. The number of benzene rings is 2. The minimum Gasteiger partial charge on any atom is -0.508 e. The molecule has 0 amide bonds. The molecule has 2 N–H and O–H groups in total. The summed E-state index contributed by atoms with van der Waals surface area (Å²) in [5.74, 6) is 0.566. The van der Waals surface area contributed by atoms with E-state index in [4.69, 9.17) is 0 Å². The minimum atomic E-state index is -0.229. The zero-order chi connectivity index (χ0) is 16.7. The second kappa shape index (κ2) is 5.45. The van der Waals surface area contributed by atoms with Gasteiger partial charge in [-0.05, 0) is 60.6 Å². The van der Waals surface area contributed by atoms with Crippen molar-refractivity contribution < 1.29 is 10.2 Å². The fraction of sp³-hybridized carbons (Fsp3) is 0.333. The van der Waals surface area contributed by atoms with Crippen LogP contribution in [-0.2, 0) is 5.41 Å². The highest BCUT2D eigenvalue weighted by atomic mass is 16.3. The van der Waals surface area contributed by atoms with E-state index in [2.05, 4.69) is 26.8 Å². The second-order valence-corrected chi connectivity index (χ2v) is 7.57. The van der Waals surface area contributed by atoms with Gasteiger partial charge in [0, 0.05) is 5.41 Å². The number of phenols is 2. The normalized spacial score (nSPS) is 19.2. The molecule has 0 saturated carbocycles. The van der Waals surface area contributed by atoms with Gasteiger partial charge in [0.25, 0.3) is 0 Å². The van der Waals surface area contributed by atoms with Crippen molar-refractivity contribution in [3.8, 4) is 11.5 Å². The van der Waals surface area contributed by atoms with E-state index in [1.165, 1.54) is 16.7 Å². The van der Waals surface area contributed by atoms with Crippen molar-refractivity contribution in [2.24, 2.45) is 5.41 Å². The summed E-state index contributed by atoms with van der Waals surface area (Å²) in [6.07, 6.45) is 4.44. The molecule has 2 aromatic rings. The highest BCUT2D eigenvalue weighted by molar-refractivity contribution is 5.49. The predicted molar refractivity (Wildman–Crippen MR) is 93.8 cm³/mol. The van der Waals surface area contributed by atoms with Crippen molar-refractivity contribution in [2.45, 2.75) is 39.0 Å². The molecule has 0 atom stereocenters. The van der Waals surface area contributed by atoms with E-state index in [0.717, 1.165) is 12.8 Å². The molecule has 2 aromatic carbocycles. The van der Waals surface area contributed by atoms with Crippen LogP contribution in [0, 0.1) is 5.41 Å². The fourth-order valence-corrected chi connectivity index (χ4v) is 4.15. The monoisotopic (exact) mass is 308 g/mol. The van der Waals surface area contributed by atoms with Crippen LogP contribution in [0.5, 0.6) is 11.5 Å². The summed E-state index contributed by atoms with van der Waals surface area (Å²) in [6.45, 7) is 6.80. The summed E-state index contributed by atoms with van der Waals surface area (Å²) in [5.41, 5.74) is 3.69. The summed E-state index contributed by atoms with van der Waals surface area (Å²) in [5, 5.41) is 19.3. The van der Waals surface area contributed by atoms with Crippen LogP contribution in [0.4, 0.5) is 0 Å². The number of hydrogen-bond acceptors (Lipinski definition) is 2. The van der Waals surface area contributed by atoms with Gasteiger partial charge in [-0.15, -0.1) is 0 Å². The Bertz CT molecular complexity index is 676. The molecule has 0 aromatic heterocycles. The molecule has 0 fully saturated rings. The maximum atomic E-state index is 9.65. The molecule has 0 heterocycles. The van der Waals surface area contributed by atoms with Crippen LogP contribution in [0.2, 0.25) is 0 Å². The van der Waals surface area contributed by atoms with Gasteiger partial charge < -0.3 is 10.2 Å². The lowest BCUT2D eigenvalue weighted by Crippen LogP contribution is -2.35. The maximum absolute atomic E-state index is 9.65. The summed E-state index contributed by atoms with van der Waals surface area (Å²) >= 11 is 0. The summed E-state index contributed by atoms with van der Waals surface area (Å²) in [6, 6.07) is 15.0. The Kier molecular flexibility index (Phi) is 3.71. The van der Waals surface area contributed by atoms with Gasteiger partial charge in [-0.25, -0.2) is 0 Å². The van der Waals surface area contributed by atoms with Crippen molar-refractivity contribution in [3.05, 3.63) is 71.3 Å². The molecule has 120 valence electrons. The first-order valence-corrected chi connectivity index (χ1v) is 8.08. The number of hydrogen-bond donors (Lipinski definition) is 2. The summed E-state index contributed by atoms with van der Waals surface area (Å²) in [7, 11) is 0. The lowest BCUT2D eigenvalue weighted by molar-refractivity contribution is 0.264. The average molecular weight is 308 g/mol. The Labute approximate surface area is 138 Å². The van der Waals surface area contributed by atoms with Gasteiger partial charge in [0.05, 0.1) is 0 Å². The van der Waals surface area contributed by atoms with E-state index in [9.17, 15) is 10.2 Å². The molecule has 1 aliphatic rings. The van der Waals surface area contributed by atoms with Crippen LogP contribution < -0.4 is 0 Å². The van der Waals surface area contributed by atoms with Gasteiger partial charge in [-0.2, -0.15) is 0 Å². The van der Waals surface area contributed by atoms with Gasteiger partial charge in [0.1, 0.15) is 11.5 Å². The van der Waals surface area contributed by atoms with Crippen molar-refractivity contribution in [1.82, 2.24) is 0 Å². The Balaban J connectivity index is 2.23. The molecule has 0 aliphatic heterocycles. The Hall–Kier alpha value is -2.22. The lowest BCUT2D eigenvalue weighted by atomic mass is 9.60. The third kappa shape index (κ3) is 2.98. The number of rotatable bonds is 2. The van der Waals surface area contributed by atoms with Crippen molar-refractivity contribution in [2.75, 3.05) is 0 Å². The smallest absolute Gasteiger partial charge is 0.115 e. The van der Waals surface area contributed by atoms with Crippen LogP contribution >= 0.6 is 0 Å². The van der Waals surface area contributed by atoms with Crippen molar-refractivity contribution >= 4 is 0 Å². The molecule has 0 saturated heterocycles. The fourth-order valence-electron chi connectivity index (χ4n) is 4.15. The van der Waals surface area contributed by atoms with E-state index < -0.39 is 0 Å². The van der Waals surface area contributed by atoms with E-state index in [0.29, 0.717) is 0 Å². The summed E-state index contributed by atoms with van der Waals surface area (Å²) < 4.78 is 0. The Morgan fingerprint density at radius 1 is 0.783 bits per heavy atom. The van der Waals surface area contributed by atoms with E-state index in [1.54, 1.807) is 24.3 Å². The molecular formula is C21H24O2. The highest BCUT2D eigenvalue weighted by Gasteiger charge is 2.41. The molecule has 0 spiro atoms. The molecular weight excluding hydrogens is 284 g/mol. The predicted octanol–water partition coefficient (Wildman–Crippen LogP) is 5.15. The topological polar surface area (TPSA) is 40.5 Å². The second-order valence-electron chi connectivity index (χ2n) is 7.57. The zero-order valence-corrected chi connectivity index (χ0v) is 14.0. The number of allylic oxidation sites excluding steroid dienone is 2. The maximum Gasteiger partial charge on any atom is 0.115 e. The van der Waals surface area contributed by atoms with E-state index in [-0.39, 0.29) is 22.3 Å². The van der Waals surface area contributed by atoms with Gasteiger partial charge in [0.15, 0.2) is 0 Å². The molecule has 0 unspecified atom stereocenters. The van der Waals surface area contributed by atoms with Crippen molar-refractivity contribution in [1.29, 1.82) is 0 Å². The van der Waals surface area contributed by atoms with Crippen LogP contribution in [0.1, 0.15) is 44.7 Å². The largest absolute Gasteiger partial charge is 0.508 e. The standard InChI is InChI=1S/C21H24O2/c1-15-12-20(2,3)14-21(13-15,16-4-8-18(22)9-5-16)17-6-10-19(23)11-7-17/h4-11,13,22-23H,12,14H2,1-3H3. The van der Waals surface area contributed by atoms with Crippen LogP contribution in [0.25, 0.3) is 0 Å². The first-order chi connectivity index (χ1) is 10.8. The molecule has 2 heteroatoms. The highest BCUT2D eigenvalue weighted by Crippen LogP contribution is 2.50. The Morgan fingerprint density at radius 2 is 1.22 bits per heavy atom. The first-order valence-electron chi connectivity index (χ1n) is 8.08. The van der Waals surface area contributed by atoms with Crippen LogP contribution in [0.3, 0.4) is 0 Å². The Morgan fingerprint density at radius 3 is 1.61 bits per heavy atom. The third-order valence-corrected chi connectivity index (χ3v) is 4.77. The van der Waals surface area contributed by atoms with Gasteiger partial charge >= 0.3 is 0 Å². The van der Waals surface area contributed by atoms with E-state index >= 15 is 0 Å². The van der Waals surface area contributed by atoms with Crippen LogP contribution in [-0.4, -0.2) is 10.2 Å². The first kappa shape index (κ1) is 15.7. The minimum absolute atomic E-state index is 0.189. The van der Waals surface area contributed by atoms with Gasteiger partial charge in [-0.3, -0.25) is 0 Å². The molecule has 23 heavy (non-hydrogen) atoms. The zero-order valence-electron chi connectivity index (χ0n) is 14.0. The average Bonchev–Trinajstić information content (AvgIpc) is 2.46. The van der Waals surface area contributed by atoms with E-state index in [1.807, 2.05) is 24.3 Å². The molecule has 2 nitrogen and oxygen atoms in total. The SMILES string of the molecule is CC1=CC(c2ccc(O)cc2)(c2ccc(O)cc2)CC(C)(C)C1. The summed E-state index contributed by atoms with van der Waals surface area (Å²) in [4.78, 5) is 0. The van der Waals surface area contributed by atoms with Crippen LogP contribution in [0.15, 0.2) is 60.2 Å². The van der Waals surface area contributed by atoms with Crippen molar-refractivity contribution in [3.63, 3.8) is 0 Å². The van der Waals surface area contributed by atoms with Gasteiger partial charge in [0.2, 0.25) is 0 Å². The molecule has 0 bridgehead atoms. The molecule has 1 aliphatic carbocycles. The quantitative estimate of drug-likeness (QED) is 0.753. The lowest BCUT2D eigenvalue weighted by Gasteiger charge is -2.44. The third-order valence-electron chi connectivity index (χ3n) is 4.77. The number of aromatic hydroxyl groups is 2.